The summed E-state index contributed by atoms with van der Waals surface area (Å²) in [4.78, 5) is 30.4. The number of hydrogen-bond donors (Lipinski definition) is 3. The maximum absolute atomic E-state index is 12.8. The van der Waals surface area contributed by atoms with Crippen molar-refractivity contribution in [2.75, 3.05) is 11.9 Å². The van der Waals surface area contributed by atoms with Crippen LogP contribution in [-0.2, 0) is 20.9 Å². The van der Waals surface area contributed by atoms with E-state index in [1.165, 1.54) is 11.3 Å². The molecule has 1 heterocycles. The lowest BCUT2D eigenvalue weighted by molar-refractivity contribution is -0.137. The van der Waals surface area contributed by atoms with Gasteiger partial charge in [-0.1, -0.05) is 69.7 Å². The number of amides is 2. The van der Waals surface area contributed by atoms with Crippen LogP contribution >= 0.6 is 11.3 Å². The number of carbonyl (C=O) groups excluding carboxylic acids is 2. The number of nitrogens with zero attached hydrogens (tertiary/aromatic N) is 1. The Kier molecular flexibility index (Phi) is 9.15. The summed E-state index contributed by atoms with van der Waals surface area (Å²) in [6.07, 6.45) is 1.69. The van der Waals surface area contributed by atoms with Crippen molar-refractivity contribution in [1.82, 2.24) is 10.3 Å². The summed E-state index contributed by atoms with van der Waals surface area (Å²) in [7, 11) is 0. The zero-order valence-corrected chi connectivity index (χ0v) is 19.7. The third kappa shape index (κ3) is 7.12. The highest BCUT2D eigenvalue weighted by atomic mass is 32.1. The molecule has 0 radical (unpaired) electrons. The molecule has 3 N–H and O–H groups in total. The second-order valence-electron chi connectivity index (χ2n) is 8.43. The van der Waals surface area contributed by atoms with Gasteiger partial charge < -0.3 is 20.5 Å². The van der Waals surface area contributed by atoms with Crippen LogP contribution in [0, 0.1) is 5.41 Å². The van der Waals surface area contributed by atoms with Crippen LogP contribution in [-0.4, -0.2) is 40.7 Å². The molecule has 0 saturated heterocycles. The molecule has 2 rings (SSSR count). The lowest BCUT2D eigenvalue weighted by Gasteiger charge is -2.26. The van der Waals surface area contributed by atoms with Crippen molar-refractivity contribution in [3.05, 3.63) is 36.0 Å². The summed E-state index contributed by atoms with van der Waals surface area (Å²) in [6.45, 7) is 10.3. The summed E-state index contributed by atoms with van der Waals surface area (Å²) in [5.74, 6) is -0.898. The Balaban J connectivity index is 2.11. The Morgan fingerprint density at radius 2 is 1.90 bits per heavy atom. The number of nitrogens with one attached hydrogen (secondary N) is 2. The summed E-state index contributed by atoms with van der Waals surface area (Å²) in [5.41, 5.74) is 1.45. The average Bonchev–Trinajstić information content (AvgIpc) is 3.18. The van der Waals surface area contributed by atoms with Crippen molar-refractivity contribution in [2.24, 2.45) is 5.41 Å². The summed E-state index contributed by atoms with van der Waals surface area (Å²) in [6, 6.07) is 7.19. The summed E-state index contributed by atoms with van der Waals surface area (Å²) < 4.78 is 5.55. The minimum Gasteiger partial charge on any atom is -0.383 e. The van der Waals surface area contributed by atoms with E-state index in [4.69, 9.17) is 4.74 Å². The van der Waals surface area contributed by atoms with E-state index in [1.54, 1.807) is 27.0 Å². The van der Waals surface area contributed by atoms with E-state index in [0.717, 1.165) is 16.0 Å². The fourth-order valence-electron chi connectivity index (χ4n) is 2.95. The van der Waals surface area contributed by atoms with Gasteiger partial charge >= 0.3 is 0 Å². The number of ether oxygens (including phenoxy) is 1. The van der Waals surface area contributed by atoms with Crippen molar-refractivity contribution in [1.29, 1.82) is 0 Å². The highest BCUT2D eigenvalue weighted by Gasteiger charge is 2.32. The van der Waals surface area contributed by atoms with Crippen LogP contribution in [0.25, 0.3) is 10.4 Å². The summed E-state index contributed by atoms with van der Waals surface area (Å²) in [5, 5.41) is 16.1. The first kappa shape index (κ1) is 25.0. The van der Waals surface area contributed by atoms with Crippen molar-refractivity contribution >= 4 is 28.3 Å². The lowest BCUT2D eigenvalue weighted by Crippen LogP contribution is -2.50. The zero-order valence-electron chi connectivity index (χ0n) is 18.9. The molecule has 170 valence electrons. The first-order valence-corrected chi connectivity index (χ1v) is 11.4. The molecule has 8 heteroatoms. The molecule has 0 spiro atoms. The van der Waals surface area contributed by atoms with E-state index in [0.29, 0.717) is 31.2 Å². The van der Waals surface area contributed by atoms with Gasteiger partial charge in [0.25, 0.3) is 0 Å². The normalized spacial score (nSPS) is 13.5. The molecule has 0 fully saturated rings. The zero-order chi connectivity index (χ0) is 23.0. The molecule has 1 aromatic heterocycles. The van der Waals surface area contributed by atoms with Crippen LogP contribution < -0.4 is 10.6 Å². The third-order valence-electron chi connectivity index (χ3n) is 4.76. The van der Waals surface area contributed by atoms with Gasteiger partial charge in [0, 0.05) is 12.8 Å². The first-order chi connectivity index (χ1) is 14.7. The van der Waals surface area contributed by atoms with E-state index in [1.807, 2.05) is 38.1 Å². The van der Waals surface area contributed by atoms with Gasteiger partial charge in [0.05, 0.1) is 11.5 Å². The van der Waals surface area contributed by atoms with E-state index < -0.39 is 23.5 Å². The fraction of sp³-hybridized carbons (Fsp3) is 0.522. The molecule has 0 aliphatic carbocycles. The van der Waals surface area contributed by atoms with Gasteiger partial charge in [-0.25, -0.2) is 4.98 Å². The lowest BCUT2D eigenvalue weighted by atomic mass is 9.88. The molecule has 1 unspecified atom stereocenters. The highest BCUT2D eigenvalue weighted by molar-refractivity contribution is 7.19. The molecule has 0 saturated carbocycles. The molecule has 7 nitrogen and oxygen atoms in total. The molecule has 0 bridgehead atoms. The molecular formula is C23H33N3O4S. The average molecular weight is 448 g/mol. The van der Waals surface area contributed by atoms with E-state index in [-0.39, 0.29) is 5.91 Å². The van der Waals surface area contributed by atoms with E-state index >= 15 is 0 Å². The van der Waals surface area contributed by atoms with E-state index in [2.05, 4.69) is 15.6 Å². The molecule has 0 aliphatic rings. The number of aliphatic hydroxyl groups is 1. The van der Waals surface area contributed by atoms with Crippen molar-refractivity contribution < 1.29 is 19.4 Å². The molecular weight excluding hydrogens is 414 g/mol. The minimum atomic E-state index is -1.20. The van der Waals surface area contributed by atoms with Gasteiger partial charge in [0.1, 0.15) is 12.1 Å². The molecule has 0 aliphatic heterocycles. The van der Waals surface area contributed by atoms with Crippen LogP contribution in [0.3, 0.4) is 0 Å². The minimum absolute atomic E-state index is 0.347. The molecule has 31 heavy (non-hydrogen) atoms. The van der Waals surface area contributed by atoms with Gasteiger partial charge in [0.15, 0.2) is 5.13 Å². The Morgan fingerprint density at radius 3 is 2.55 bits per heavy atom. The monoisotopic (exact) mass is 447 g/mol. The molecule has 2 amide bonds. The molecule has 1 aromatic carbocycles. The fourth-order valence-corrected chi connectivity index (χ4v) is 3.83. The number of benzene rings is 1. The van der Waals surface area contributed by atoms with Crippen LogP contribution in [0.2, 0.25) is 0 Å². The second-order valence-corrected chi connectivity index (χ2v) is 9.46. The largest absolute Gasteiger partial charge is 0.383 e. The van der Waals surface area contributed by atoms with Crippen LogP contribution in [0.5, 0.6) is 0 Å². The van der Waals surface area contributed by atoms with Crippen LogP contribution in [0.4, 0.5) is 5.13 Å². The quantitative estimate of drug-likeness (QED) is 0.512. The van der Waals surface area contributed by atoms with Gasteiger partial charge in [-0.05, 0) is 29.9 Å². The predicted octanol–water partition coefficient (Wildman–Crippen LogP) is 3.98. The van der Waals surface area contributed by atoms with Crippen LogP contribution in [0.15, 0.2) is 30.5 Å². The van der Waals surface area contributed by atoms with Gasteiger partial charge in [-0.15, -0.1) is 0 Å². The van der Waals surface area contributed by atoms with Crippen molar-refractivity contribution in [3.8, 4) is 10.4 Å². The number of aliphatic hydroxyl groups excluding tert-OH is 1. The third-order valence-corrected chi connectivity index (χ3v) is 5.71. The van der Waals surface area contributed by atoms with E-state index in [9.17, 15) is 14.7 Å². The maximum atomic E-state index is 12.8. The second kappa shape index (κ2) is 11.4. The number of aromatic nitrogens is 1. The topological polar surface area (TPSA) is 101 Å². The number of carbonyl (C=O) groups is 2. The van der Waals surface area contributed by atoms with Crippen molar-refractivity contribution in [3.63, 3.8) is 0 Å². The SMILES string of the molecule is CCCC(NC(=O)[C@@H](O)C(C)(C)C)C(=O)Nc1ncc(-c2ccccc2COCC)s1. The number of rotatable bonds is 10. The smallest absolute Gasteiger partial charge is 0.250 e. The highest BCUT2D eigenvalue weighted by Crippen LogP contribution is 2.32. The van der Waals surface area contributed by atoms with Gasteiger partial charge in [-0.3, -0.25) is 9.59 Å². The summed E-state index contributed by atoms with van der Waals surface area (Å²) >= 11 is 1.37. The molecule has 2 atom stereocenters. The number of anilines is 1. The Morgan fingerprint density at radius 1 is 1.19 bits per heavy atom. The molecule has 2 aromatic rings. The van der Waals surface area contributed by atoms with Crippen LogP contribution in [0.1, 0.15) is 53.0 Å². The van der Waals surface area contributed by atoms with Gasteiger partial charge in [-0.2, -0.15) is 0 Å². The Bertz CT molecular complexity index is 876. The van der Waals surface area contributed by atoms with Crippen molar-refractivity contribution in [2.45, 2.75) is 66.2 Å². The standard InChI is InChI=1S/C23H33N3O4S/c1-6-10-17(25-21(29)19(27)23(3,4)5)20(28)26-22-24-13-18(31-22)16-12-9-8-11-15(16)14-30-7-2/h8-9,11-13,17,19,27H,6-7,10,14H2,1-5H3,(H,25,29)(H,24,26,28)/t17?,19-/m1/s1. The first-order valence-electron chi connectivity index (χ1n) is 10.6. The Labute approximate surface area is 188 Å². The Hall–Kier alpha value is -2.29. The number of hydrogen-bond acceptors (Lipinski definition) is 6. The predicted molar refractivity (Wildman–Crippen MR) is 124 cm³/mol. The maximum Gasteiger partial charge on any atom is 0.250 e. The number of thiazole rings is 1. The van der Waals surface area contributed by atoms with Gasteiger partial charge in [0.2, 0.25) is 11.8 Å².